The Hall–Kier alpha value is -0.185. The van der Waals surface area contributed by atoms with Crippen LogP contribution in [0.25, 0.3) is 0 Å². The van der Waals surface area contributed by atoms with Crippen molar-refractivity contribution in [2.75, 3.05) is 13.1 Å². The molecule has 0 spiro atoms. The third-order valence-corrected chi connectivity index (χ3v) is 1.80. The van der Waals surface area contributed by atoms with Crippen molar-refractivity contribution in [3.05, 3.63) is 0 Å². The predicted octanol–water partition coefficient (Wildman–Crippen LogP) is 1.82. The first-order chi connectivity index (χ1) is 4.61. The minimum Gasteiger partial charge on any atom is -0.434 e. The molecule has 0 aliphatic carbocycles. The summed E-state index contributed by atoms with van der Waals surface area (Å²) in [5.74, 6) is 0. The van der Waals surface area contributed by atoms with Gasteiger partial charge in [-0.05, 0) is 25.9 Å². The van der Waals surface area contributed by atoms with Crippen LogP contribution in [0, 0.1) is 0 Å². The smallest absolute Gasteiger partial charge is 0.434 e. The number of rotatable bonds is 1. The van der Waals surface area contributed by atoms with E-state index in [0.717, 1.165) is 6.42 Å². The fourth-order valence-corrected chi connectivity index (χ4v) is 1.21. The molecule has 0 aromatic rings. The molecule has 1 saturated heterocycles. The first kappa shape index (κ1) is 7.92. The Labute approximate surface area is 58.3 Å². The molecule has 1 aliphatic heterocycles. The Morgan fingerprint density at radius 1 is 0.900 bits per heavy atom. The number of hydrogen-bond acceptors (Lipinski definition) is 1. The van der Waals surface area contributed by atoms with Gasteiger partial charge in [-0.15, -0.1) is 0 Å². The van der Waals surface area contributed by atoms with Gasteiger partial charge in [-0.3, -0.25) is 0 Å². The van der Waals surface area contributed by atoms with Crippen LogP contribution in [0.15, 0.2) is 0 Å². The Balaban J connectivity index is 2.39. The van der Waals surface area contributed by atoms with E-state index < -0.39 is 7.11 Å². The van der Waals surface area contributed by atoms with Crippen molar-refractivity contribution in [3.8, 4) is 0 Å². The number of piperidine rings is 1. The molecular formula is C5H10BF3N-. The van der Waals surface area contributed by atoms with E-state index in [-0.39, 0.29) is 13.1 Å². The van der Waals surface area contributed by atoms with Crippen LogP contribution < -0.4 is 0 Å². The molecule has 10 heavy (non-hydrogen) atoms. The lowest BCUT2D eigenvalue weighted by atomic mass is 10.00. The lowest BCUT2D eigenvalue weighted by molar-refractivity contribution is 0.240. The van der Waals surface area contributed by atoms with Gasteiger partial charge in [0.2, 0.25) is 0 Å². The van der Waals surface area contributed by atoms with E-state index in [2.05, 4.69) is 0 Å². The zero-order valence-corrected chi connectivity index (χ0v) is 5.69. The van der Waals surface area contributed by atoms with Gasteiger partial charge in [-0.2, -0.15) is 0 Å². The van der Waals surface area contributed by atoms with Gasteiger partial charge in [-0.25, -0.2) is 0 Å². The van der Waals surface area contributed by atoms with E-state index in [9.17, 15) is 12.9 Å². The summed E-state index contributed by atoms with van der Waals surface area (Å²) < 4.78 is 35.8. The first-order valence-corrected chi connectivity index (χ1v) is 3.55. The van der Waals surface area contributed by atoms with Crippen LogP contribution in [0.4, 0.5) is 12.9 Å². The van der Waals surface area contributed by atoms with E-state index in [1.165, 1.54) is 0 Å². The Kier molecular flexibility index (Phi) is 2.23. The molecule has 0 atom stereocenters. The molecule has 1 rings (SSSR count). The van der Waals surface area contributed by atoms with Gasteiger partial charge >= 0.3 is 7.11 Å². The first-order valence-electron chi connectivity index (χ1n) is 3.55. The summed E-state index contributed by atoms with van der Waals surface area (Å²) >= 11 is 0. The molecule has 0 aromatic carbocycles. The van der Waals surface area contributed by atoms with Crippen molar-refractivity contribution in [2.45, 2.75) is 19.3 Å². The number of hydrogen-bond donors (Lipinski definition) is 0. The fourth-order valence-electron chi connectivity index (χ4n) is 1.21. The van der Waals surface area contributed by atoms with E-state index in [0.29, 0.717) is 17.7 Å². The zero-order chi connectivity index (χ0) is 7.61. The molecule has 0 N–H and O–H groups in total. The molecule has 0 unspecified atom stereocenters. The van der Waals surface area contributed by atoms with Crippen LogP contribution in [0.2, 0.25) is 0 Å². The van der Waals surface area contributed by atoms with E-state index in [1.807, 2.05) is 0 Å². The van der Waals surface area contributed by atoms with E-state index in [1.54, 1.807) is 0 Å². The highest BCUT2D eigenvalue weighted by molar-refractivity contribution is 6.55. The molecule has 0 saturated carbocycles. The molecule has 0 radical (unpaired) electrons. The van der Waals surface area contributed by atoms with Gasteiger partial charge in [0, 0.05) is 0 Å². The Morgan fingerprint density at radius 3 is 1.70 bits per heavy atom. The maximum absolute atomic E-state index is 11.9. The van der Waals surface area contributed by atoms with Crippen LogP contribution >= 0.6 is 0 Å². The fraction of sp³-hybridized carbons (Fsp3) is 1.00. The second-order valence-electron chi connectivity index (χ2n) is 2.64. The second kappa shape index (κ2) is 2.82. The van der Waals surface area contributed by atoms with Crippen molar-refractivity contribution in [2.24, 2.45) is 0 Å². The summed E-state index contributed by atoms with van der Waals surface area (Å²) in [7, 11) is -4.69. The van der Waals surface area contributed by atoms with Crippen LogP contribution in [0.1, 0.15) is 19.3 Å². The van der Waals surface area contributed by atoms with Crippen LogP contribution in [0.3, 0.4) is 0 Å². The molecular weight excluding hydrogens is 142 g/mol. The second-order valence-corrected chi connectivity index (χ2v) is 2.64. The highest BCUT2D eigenvalue weighted by atomic mass is 19.4. The number of halogens is 3. The topological polar surface area (TPSA) is 3.24 Å². The highest BCUT2D eigenvalue weighted by Gasteiger charge is 2.32. The summed E-state index contributed by atoms with van der Waals surface area (Å²) in [6.07, 6.45) is 2.34. The summed E-state index contributed by atoms with van der Waals surface area (Å²) in [4.78, 5) is 0.642. The summed E-state index contributed by atoms with van der Waals surface area (Å²) in [5.41, 5.74) is 0. The predicted molar refractivity (Wildman–Crippen MR) is 34.5 cm³/mol. The maximum Gasteiger partial charge on any atom is 0.567 e. The van der Waals surface area contributed by atoms with Crippen molar-refractivity contribution in [1.82, 2.24) is 4.81 Å². The molecule has 1 heterocycles. The lowest BCUT2D eigenvalue weighted by Crippen LogP contribution is -2.46. The molecule has 1 aliphatic rings. The average Bonchev–Trinajstić information content (AvgIpc) is 1.88. The van der Waals surface area contributed by atoms with Gasteiger partial charge in [0.1, 0.15) is 0 Å². The summed E-state index contributed by atoms with van der Waals surface area (Å²) in [5, 5.41) is 0. The van der Waals surface area contributed by atoms with Gasteiger partial charge in [-0.1, -0.05) is 6.42 Å². The standard InChI is InChI=1S/C5H10BF3N/c7-6(8,9)10-4-2-1-3-5-10/h1-5H2/q-1. The monoisotopic (exact) mass is 152 g/mol. The minimum absolute atomic E-state index is 0.212. The zero-order valence-electron chi connectivity index (χ0n) is 5.69. The van der Waals surface area contributed by atoms with Gasteiger partial charge in [0.15, 0.2) is 0 Å². The average molecular weight is 152 g/mol. The van der Waals surface area contributed by atoms with Crippen molar-refractivity contribution in [1.29, 1.82) is 0 Å². The minimum atomic E-state index is -4.69. The maximum atomic E-state index is 11.9. The molecule has 5 heteroatoms. The molecule has 1 fully saturated rings. The van der Waals surface area contributed by atoms with Crippen molar-refractivity contribution in [3.63, 3.8) is 0 Å². The third-order valence-electron chi connectivity index (χ3n) is 1.80. The lowest BCUT2D eigenvalue weighted by Gasteiger charge is -2.35. The Bertz CT molecular complexity index is 108. The summed E-state index contributed by atoms with van der Waals surface area (Å²) in [6, 6.07) is 0. The molecule has 1 nitrogen and oxygen atoms in total. The van der Waals surface area contributed by atoms with E-state index >= 15 is 0 Å². The quantitative estimate of drug-likeness (QED) is 0.518. The van der Waals surface area contributed by atoms with Gasteiger partial charge in [0.25, 0.3) is 0 Å². The van der Waals surface area contributed by atoms with Gasteiger partial charge in [0.05, 0.1) is 0 Å². The van der Waals surface area contributed by atoms with E-state index in [4.69, 9.17) is 0 Å². The van der Waals surface area contributed by atoms with Crippen molar-refractivity contribution >= 4 is 7.11 Å². The molecule has 60 valence electrons. The highest BCUT2D eigenvalue weighted by Crippen LogP contribution is 2.20. The van der Waals surface area contributed by atoms with Crippen LogP contribution in [0.5, 0.6) is 0 Å². The van der Waals surface area contributed by atoms with Crippen LogP contribution in [-0.2, 0) is 0 Å². The third kappa shape index (κ3) is 1.90. The SMILES string of the molecule is F[B-](F)(F)N1CCCCC1. The molecule has 0 bridgehead atoms. The largest absolute Gasteiger partial charge is 0.567 e. The Morgan fingerprint density at radius 2 is 1.40 bits per heavy atom. The van der Waals surface area contributed by atoms with Gasteiger partial charge < -0.3 is 17.8 Å². The normalized spacial score (nSPS) is 23.1. The van der Waals surface area contributed by atoms with Crippen molar-refractivity contribution < 1.29 is 12.9 Å². The van der Waals surface area contributed by atoms with Crippen LogP contribution in [-0.4, -0.2) is 25.0 Å². The number of nitrogens with zero attached hydrogens (tertiary/aromatic N) is 1. The molecule has 0 amide bonds. The summed E-state index contributed by atoms with van der Waals surface area (Å²) in [6.45, 7) is 0.424. The molecule has 0 aromatic heterocycles.